The molecule has 7 nitrogen and oxygen atoms in total. The van der Waals surface area contributed by atoms with Crippen LogP contribution in [-0.2, 0) is 0 Å². The number of ether oxygens (including phenoxy) is 1. The SMILES string of the molecule is COc1ccc([N+](=O)[O-])c(NCC2=CCNCC2)n1. The van der Waals surface area contributed by atoms with Gasteiger partial charge in [0.15, 0.2) is 0 Å². The molecule has 1 aliphatic heterocycles. The molecule has 1 aromatic rings. The molecular weight excluding hydrogens is 248 g/mol. The van der Waals surface area contributed by atoms with E-state index in [0.717, 1.165) is 19.5 Å². The van der Waals surface area contributed by atoms with E-state index in [0.29, 0.717) is 12.4 Å². The number of hydrogen-bond acceptors (Lipinski definition) is 6. The lowest BCUT2D eigenvalue weighted by atomic mass is 10.1. The highest BCUT2D eigenvalue weighted by atomic mass is 16.6. The zero-order valence-corrected chi connectivity index (χ0v) is 10.7. The quantitative estimate of drug-likeness (QED) is 0.474. The Hall–Kier alpha value is -2.15. The molecule has 0 unspecified atom stereocenters. The Kier molecular flexibility index (Phi) is 4.30. The lowest BCUT2D eigenvalue weighted by Gasteiger charge is -2.15. The number of aromatic nitrogens is 1. The Bertz CT molecular complexity index is 502. The fourth-order valence-electron chi connectivity index (χ4n) is 1.85. The summed E-state index contributed by atoms with van der Waals surface area (Å²) in [5.41, 5.74) is 1.17. The zero-order valence-electron chi connectivity index (χ0n) is 10.7. The second-order valence-corrected chi connectivity index (χ2v) is 4.15. The van der Waals surface area contributed by atoms with Gasteiger partial charge in [-0.25, -0.2) is 0 Å². The van der Waals surface area contributed by atoms with Crippen LogP contribution in [-0.4, -0.2) is 36.7 Å². The number of rotatable bonds is 5. The standard InChI is InChI=1S/C12H16N4O3/c1-19-11-3-2-10(16(17)18)12(15-11)14-8-9-4-6-13-7-5-9/h2-4,13H,5-8H2,1H3,(H,14,15). The Labute approximate surface area is 110 Å². The molecule has 102 valence electrons. The van der Waals surface area contributed by atoms with E-state index >= 15 is 0 Å². The first-order chi connectivity index (χ1) is 9.20. The number of nitrogens with zero attached hydrogens (tertiary/aromatic N) is 2. The maximum atomic E-state index is 10.9. The van der Waals surface area contributed by atoms with Crippen LogP contribution in [0.25, 0.3) is 0 Å². The van der Waals surface area contributed by atoms with Crippen molar-refractivity contribution in [1.29, 1.82) is 0 Å². The molecule has 0 saturated heterocycles. The van der Waals surface area contributed by atoms with Gasteiger partial charge in [-0.15, -0.1) is 0 Å². The molecule has 0 saturated carbocycles. The molecule has 2 N–H and O–H groups in total. The predicted octanol–water partition coefficient (Wildman–Crippen LogP) is 1.33. The summed E-state index contributed by atoms with van der Waals surface area (Å²) in [6.45, 7) is 2.33. The van der Waals surface area contributed by atoms with Gasteiger partial charge in [-0.3, -0.25) is 10.1 Å². The van der Waals surface area contributed by atoms with Crippen molar-refractivity contribution in [2.75, 3.05) is 32.1 Å². The molecule has 0 aliphatic carbocycles. The molecular formula is C12H16N4O3. The van der Waals surface area contributed by atoms with Crippen LogP contribution in [0.3, 0.4) is 0 Å². The van der Waals surface area contributed by atoms with Gasteiger partial charge in [0.25, 0.3) is 0 Å². The van der Waals surface area contributed by atoms with E-state index in [4.69, 9.17) is 4.74 Å². The largest absolute Gasteiger partial charge is 0.481 e. The van der Waals surface area contributed by atoms with Crippen molar-refractivity contribution in [3.63, 3.8) is 0 Å². The molecule has 19 heavy (non-hydrogen) atoms. The summed E-state index contributed by atoms with van der Waals surface area (Å²) in [4.78, 5) is 14.6. The molecule has 0 aromatic carbocycles. The first-order valence-corrected chi connectivity index (χ1v) is 6.02. The van der Waals surface area contributed by atoms with E-state index < -0.39 is 4.92 Å². The van der Waals surface area contributed by atoms with Crippen molar-refractivity contribution in [2.45, 2.75) is 6.42 Å². The smallest absolute Gasteiger partial charge is 0.311 e. The number of methoxy groups -OCH3 is 1. The summed E-state index contributed by atoms with van der Waals surface area (Å²) >= 11 is 0. The molecule has 2 heterocycles. The minimum absolute atomic E-state index is 0.0460. The zero-order chi connectivity index (χ0) is 13.7. The maximum absolute atomic E-state index is 10.9. The Morgan fingerprint density at radius 3 is 3.05 bits per heavy atom. The second kappa shape index (κ2) is 6.14. The van der Waals surface area contributed by atoms with Crippen LogP contribution in [0.5, 0.6) is 5.88 Å². The topological polar surface area (TPSA) is 89.3 Å². The molecule has 0 amide bonds. The van der Waals surface area contributed by atoms with E-state index in [1.54, 1.807) is 0 Å². The Balaban J connectivity index is 2.12. The molecule has 0 atom stereocenters. The highest BCUT2D eigenvalue weighted by molar-refractivity contribution is 5.57. The van der Waals surface area contributed by atoms with Crippen molar-refractivity contribution in [1.82, 2.24) is 10.3 Å². The molecule has 2 rings (SSSR count). The summed E-state index contributed by atoms with van der Waals surface area (Å²) < 4.78 is 4.98. The number of anilines is 1. The number of hydrogen-bond donors (Lipinski definition) is 2. The molecule has 0 radical (unpaired) electrons. The summed E-state index contributed by atoms with van der Waals surface area (Å²) in [7, 11) is 1.48. The van der Waals surface area contributed by atoms with E-state index in [2.05, 4.69) is 21.7 Å². The summed E-state index contributed by atoms with van der Waals surface area (Å²) in [6.07, 6.45) is 3.02. The number of nitrogens with one attached hydrogen (secondary N) is 2. The van der Waals surface area contributed by atoms with Crippen molar-refractivity contribution < 1.29 is 9.66 Å². The van der Waals surface area contributed by atoms with Crippen molar-refractivity contribution in [2.24, 2.45) is 0 Å². The highest BCUT2D eigenvalue weighted by Crippen LogP contribution is 2.25. The van der Waals surface area contributed by atoms with Gasteiger partial charge in [-0.05, 0) is 13.0 Å². The molecule has 1 aromatic heterocycles. The van der Waals surface area contributed by atoms with Crippen LogP contribution in [0.4, 0.5) is 11.5 Å². The van der Waals surface area contributed by atoms with Gasteiger partial charge >= 0.3 is 5.69 Å². The van der Waals surface area contributed by atoms with Crippen molar-refractivity contribution in [3.8, 4) is 5.88 Å². The third kappa shape index (κ3) is 3.41. The Morgan fingerprint density at radius 1 is 1.58 bits per heavy atom. The average Bonchev–Trinajstić information content (AvgIpc) is 2.45. The number of pyridine rings is 1. The first-order valence-electron chi connectivity index (χ1n) is 6.02. The van der Waals surface area contributed by atoms with Crippen LogP contribution < -0.4 is 15.4 Å². The van der Waals surface area contributed by atoms with Crippen LogP contribution in [0.15, 0.2) is 23.8 Å². The lowest BCUT2D eigenvalue weighted by Crippen LogP contribution is -2.23. The van der Waals surface area contributed by atoms with E-state index in [1.807, 2.05) is 0 Å². The molecule has 0 spiro atoms. The third-order valence-electron chi connectivity index (χ3n) is 2.90. The Morgan fingerprint density at radius 2 is 2.42 bits per heavy atom. The van der Waals surface area contributed by atoms with Crippen LogP contribution >= 0.6 is 0 Å². The van der Waals surface area contributed by atoms with Gasteiger partial charge < -0.3 is 15.4 Å². The van der Waals surface area contributed by atoms with E-state index in [-0.39, 0.29) is 11.5 Å². The molecule has 0 bridgehead atoms. The van der Waals surface area contributed by atoms with E-state index in [1.165, 1.54) is 24.8 Å². The second-order valence-electron chi connectivity index (χ2n) is 4.15. The molecule has 7 heteroatoms. The predicted molar refractivity (Wildman–Crippen MR) is 71.5 cm³/mol. The normalized spacial score (nSPS) is 14.7. The first kappa shape index (κ1) is 13.3. The van der Waals surface area contributed by atoms with Crippen LogP contribution in [0, 0.1) is 10.1 Å². The number of nitro groups is 1. The van der Waals surface area contributed by atoms with Gasteiger partial charge in [-0.1, -0.05) is 11.6 Å². The summed E-state index contributed by atoms with van der Waals surface area (Å²) in [6, 6.07) is 2.87. The summed E-state index contributed by atoms with van der Waals surface area (Å²) in [5.74, 6) is 0.594. The van der Waals surface area contributed by atoms with Gasteiger partial charge in [-0.2, -0.15) is 4.98 Å². The van der Waals surface area contributed by atoms with Gasteiger partial charge in [0.05, 0.1) is 12.0 Å². The van der Waals surface area contributed by atoms with Crippen LogP contribution in [0.2, 0.25) is 0 Å². The monoisotopic (exact) mass is 264 g/mol. The third-order valence-corrected chi connectivity index (χ3v) is 2.90. The van der Waals surface area contributed by atoms with Gasteiger partial charge in [0.2, 0.25) is 11.7 Å². The van der Waals surface area contributed by atoms with Gasteiger partial charge in [0, 0.05) is 25.2 Å². The van der Waals surface area contributed by atoms with Crippen molar-refractivity contribution in [3.05, 3.63) is 33.9 Å². The fourth-order valence-corrected chi connectivity index (χ4v) is 1.85. The average molecular weight is 264 g/mol. The van der Waals surface area contributed by atoms with E-state index in [9.17, 15) is 10.1 Å². The summed E-state index contributed by atoms with van der Waals surface area (Å²) in [5, 5.41) is 17.2. The van der Waals surface area contributed by atoms with Crippen LogP contribution in [0.1, 0.15) is 6.42 Å². The van der Waals surface area contributed by atoms with Crippen molar-refractivity contribution >= 4 is 11.5 Å². The minimum Gasteiger partial charge on any atom is -0.481 e. The highest BCUT2D eigenvalue weighted by Gasteiger charge is 2.16. The fraction of sp³-hybridized carbons (Fsp3) is 0.417. The molecule has 0 fully saturated rings. The minimum atomic E-state index is -0.453. The lowest BCUT2D eigenvalue weighted by molar-refractivity contribution is -0.384. The van der Waals surface area contributed by atoms with Gasteiger partial charge in [0.1, 0.15) is 0 Å². The maximum Gasteiger partial charge on any atom is 0.311 e. The molecule has 1 aliphatic rings.